The maximum atomic E-state index is 10.7. The van der Waals surface area contributed by atoms with Crippen molar-refractivity contribution in [1.29, 1.82) is 0 Å². The number of nitrogens with one attached hydrogen (secondary N) is 2. The summed E-state index contributed by atoms with van der Waals surface area (Å²) < 4.78 is 4.53. The Hall–Kier alpha value is -0.610. The largest absolute Gasteiger partial charge is 0.468 e. The van der Waals surface area contributed by atoms with Crippen LogP contribution in [0.4, 0.5) is 0 Å². The Morgan fingerprint density at radius 3 is 2.20 bits per heavy atom. The molecule has 1 atom stereocenters. The summed E-state index contributed by atoms with van der Waals surface area (Å²) in [6, 6.07) is -0.0324. The molecule has 0 aromatic carbocycles. The summed E-state index contributed by atoms with van der Waals surface area (Å²) in [5, 5.41) is 6.32. The quantitative estimate of drug-likeness (QED) is 0.630. The lowest BCUT2D eigenvalue weighted by Gasteiger charge is -2.08. The number of carbonyl (C=O) groups is 1. The van der Waals surface area contributed by atoms with Gasteiger partial charge in [-0.2, -0.15) is 0 Å². The van der Waals surface area contributed by atoms with Crippen LogP contribution < -0.4 is 10.6 Å². The normalized spacial score (nSPS) is 25.3. The van der Waals surface area contributed by atoms with Gasteiger partial charge in [0.15, 0.2) is 0 Å². The van der Waals surface area contributed by atoms with E-state index in [-0.39, 0.29) is 12.0 Å². The average molecular weight is 214 g/mol. The zero-order valence-electron chi connectivity index (χ0n) is 9.55. The Bertz CT molecular complexity index is 164. The fraction of sp³-hybridized carbons (Fsp3) is 0.909. The minimum absolute atomic E-state index is 0.0324. The van der Waals surface area contributed by atoms with Crippen molar-refractivity contribution in [3.8, 4) is 0 Å². The van der Waals surface area contributed by atoms with Crippen molar-refractivity contribution in [2.45, 2.75) is 38.1 Å². The molecular formula is C11H22N2O2. The highest BCUT2D eigenvalue weighted by Gasteiger charge is 2.21. The third-order valence-corrected chi connectivity index (χ3v) is 2.75. The monoisotopic (exact) mass is 214 g/mol. The van der Waals surface area contributed by atoms with E-state index in [9.17, 15) is 4.79 Å². The Morgan fingerprint density at radius 1 is 1.13 bits per heavy atom. The maximum Gasteiger partial charge on any atom is 0.322 e. The van der Waals surface area contributed by atoms with Crippen LogP contribution in [0.1, 0.15) is 32.1 Å². The highest BCUT2D eigenvalue weighted by molar-refractivity contribution is 5.75. The minimum Gasteiger partial charge on any atom is -0.468 e. The third kappa shape index (κ3) is 5.14. The first kappa shape index (κ1) is 12.5. The zero-order valence-corrected chi connectivity index (χ0v) is 9.55. The van der Waals surface area contributed by atoms with E-state index in [4.69, 9.17) is 0 Å². The van der Waals surface area contributed by atoms with Gasteiger partial charge in [-0.15, -0.1) is 0 Å². The number of hydrogen-bond donors (Lipinski definition) is 2. The first-order chi connectivity index (χ1) is 7.34. The van der Waals surface area contributed by atoms with E-state index >= 15 is 0 Å². The van der Waals surface area contributed by atoms with Gasteiger partial charge in [0, 0.05) is 0 Å². The second kappa shape index (κ2) is 7.65. The molecule has 2 saturated heterocycles. The standard InChI is InChI=1S/C6H11NO2.C5H11N/c1-9-6(8)5-3-2-4-7-5;1-2-4-6-5-3-1/h5,7H,2-4H2,1H3;6H,1-5H2. The first-order valence-electron chi connectivity index (χ1n) is 5.86. The molecule has 2 aliphatic rings. The van der Waals surface area contributed by atoms with Gasteiger partial charge in [0.05, 0.1) is 7.11 Å². The molecule has 0 spiro atoms. The number of carbonyl (C=O) groups excluding carboxylic acids is 1. The molecule has 0 bridgehead atoms. The lowest BCUT2D eigenvalue weighted by atomic mass is 10.2. The van der Waals surface area contributed by atoms with Gasteiger partial charge in [-0.25, -0.2) is 0 Å². The average Bonchev–Trinajstić information content (AvgIpc) is 2.85. The Kier molecular flexibility index (Phi) is 6.36. The lowest BCUT2D eigenvalue weighted by Crippen LogP contribution is -2.31. The summed E-state index contributed by atoms with van der Waals surface area (Å²) >= 11 is 0. The van der Waals surface area contributed by atoms with Crippen molar-refractivity contribution in [1.82, 2.24) is 10.6 Å². The van der Waals surface area contributed by atoms with Crippen LogP contribution in [0.2, 0.25) is 0 Å². The van der Waals surface area contributed by atoms with Crippen LogP contribution in [0.25, 0.3) is 0 Å². The van der Waals surface area contributed by atoms with Gasteiger partial charge < -0.3 is 15.4 Å². The van der Waals surface area contributed by atoms with Crippen molar-refractivity contribution in [2.75, 3.05) is 26.7 Å². The third-order valence-electron chi connectivity index (χ3n) is 2.75. The van der Waals surface area contributed by atoms with E-state index in [2.05, 4.69) is 15.4 Å². The Balaban J connectivity index is 0.000000162. The highest BCUT2D eigenvalue weighted by atomic mass is 16.5. The Labute approximate surface area is 91.8 Å². The van der Waals surface area contributed by atoms with Crippen molar-refractivity contribution >= 4 is 5.97 Å². The minimum atomic E-state index is -0.132. The van der Waals surface area contributed by atoms with Gasteiger partial charge in [-0.05, 0) is 45.3 Å². The van der Waals surface area contributed by atoms with E-state index in [1.165, 1.54) is 39.5 Å². The highest BCUT2D eigenvalue weighted by Crippen LogP contribution is 2.05. The molecule has 2 N–H and O–H groups in total. The maximum absolute atomic E-state index is 10.7. The summed E-state index contributed by atoms with van der Waals surface area (Å²) in [6.45, 7) is 3.44. The summed E-state index contributed by atoms with van der Waals surface area (Å²) in [7, 11) is 1.42. The lowest BCUT2D eigenvalue weighted by molar-refractivity contribution is -0.142. The molecule has 0 aliphatic carbocycles. The molecule has 1 unspecified atom stereocenters. The van der Waals surface area contributed by atoms with Gasteiger partial charge in [-0.1, -0.05) is 6.42 Å². The van der Waals surface area contributed by atoms with Gasteiger partial charge in [0.1, 0.15) is 6.04 Å². The first-order valence-corrected chi connectivity index (χ1v) is 5.86. The molecule has 15 heavy (non-hydrogen) atoms. The smallest absolute Gasteiger partial charge is 0.322 e. The molecule has 4 nitrogen and oxygen atoms in total. The number of rotatable bonds is 1. The van der Waals surface area contributed by atoms with E-state index in [0.29, 0.717) is 0 Å². The molecule has 4 heteroatoms. The van der Waals surface area contributed by atoms with Crippen molar-refractivity contribution < 1.29 is 9.53 Å². The number of ether oxygens (including phenoxy) is 1. The van der Waals surface area contributed by atoms with E-state index in [1.54, 1.807) is 0 Å². The number of hydrogen-bond acceptors (Lipinski definition) is 4. The van der Waals surface area contributed by atoms with Crippen molar-refractivity contribution in [3.63, 3.8) is 0 Å². The number of esters is 1. The molecule has 2 fully saturated rings. The number of methoxy groups -OCH3 is 1. The second-order valence-corrected chi connectivity index (χ2v) is 3.98. The van der Waals surface area contributed by atoms with Crippen LogP contribution in [0.15, 0.2) is 0 Å². The molecule has 88 valence electrons. The van der Waals surface area contributed by atoms with E-state index < -0.39 is 0 Å². The molecule has 0 radical (unpaired) electrons. The van der Waals surface area contributed by atoms with E-state index in [0.717, 1.165) is 19.4 Å². The van der Waals surface area contributed by atoms with Crippen LogP contribution in [0.3, 0.4) is 0 Å². The van der Waals surface area contributed by atoms with Gasteiger partial charge in [-0.3, -0.25) is 4.79 Å². The molecule has 0 amide bonds. The van der Waals surface area contributed by atoms with E-state index in [1.807, 2.05) is 0 Å². The molecule has 2 heterocycles. The molecule has 0 saturated carbocycles. The molecule has 2 rings (SSSR count). The fourth-order valence-corrected chi connectivity index (χ4v) is 1.83. The van der Waals surface area contributed by atoms with Crippen molar-refractivity contribution in [3.05, 3.63) is 0 Å². The SMILES string of the molecule is C1CCNCC1.COC(=O)C1CCCN1. The molecule has 2 aliphatic heterocycles. The van der Waals surface area contributed by atoms with Crippen LogP contribution >= 0.6 is 0 Å². The predicted molar refractivity (Wildman–Crippen MR) is 59.8 cm³/mol. The summed E-state index contributed by atoms with van der Waals surface area (Å²) in [6.07, 6.45) is 6.22. The summed E-state index contributed by atoms with van der Waals surface area (Å²) in [5.74, 6) is -0.132. The van der Waals surface area contributed by atoms with Crippen LogP contribution in [0.5, 0.6) is 0 Å². The van der Waals surface area contributed by atoms with Crippen LogP contribution in [-0.4, -0.2) is 38.8 Å². The summed E-state index contributed by atoms with van der Waals surface area (Å²) in [4.78, 5) is 10.7. The fourth-order valence-electron chi connectivity index (χ4n) is 1.83. The van der Waals surface area contributed by atoms with Crippen molar-refractivity contribution in [2.24, 2.45) is 0 Å². The Morgan fingerprint density at radius 2 is 1.87 bits per heavy atom. The van der Waals surface area contributed by atoms with Gasteiger partial charge in [0.2, 0.25) is 0 Å². The van der Waals surface area contributed by atoms with Crippen LogP contribution in [0, 0.1) is 0 Å². The van der Waals surface area contributed by atoms with Gasteiger partial charge in [0.25, 0.3) is 0 Å². The number of piperidine rings is 1. The zero-order chi connectivity index (χ0) is 10.9. The summed E-state index contributed by atoms with van der Waals surface area (Å²) in [5.41, 5.74) is 0. The molecule has 0 aromatic heterocycles. The molecule has 0 aromatic rings. The molecular weight excluding hydrogens is 192 g/mol. The topological polar surface area (TPSA) is 50.4 Å². The second-order valence-electron chi connectivity index (χ2n) is 3.98. The predicted octanol–water partition coefficient (Wildman–Crippen LogP) is 0.671. The van der Waals surface area contributed by atoms with Gasteiger partial charge >= 0.3 is 5.97 Å². The van der Waals surface area contributed by atoms with Crippen LogP contribution in [-0.2, 0) is 9.53 Å².